The van der Waals surface area contributed by atoms with Gasteiger partial charge in [-0.25, -0.2) is 9.97 Å². The molecule has 2 fully saturated rings. The highest BCUT2D eigenvalue weighted by Gasteiger charge is 2.43. The molecule has 1 saturated heterocycles. The number of aromatic nitrogens is 4. The summed E-state index contributed by atoms with van der Waals surface area (Å²) in [6.07, 6.45) is 13.5. The molecule has 5 rings (SSSR count). The maximum absolute atomic E-state index is 6.45. The summed E-state index contributed by atoms with van der Waals surface area (Å²) in [6.45, 7) is 3.91. The number of nitrogens with two attached hydrogens (primary N) is 1. The quantitative estimate of drug-likeness (QED) is 0.669. The molecule has 0 radical (unpaired) electrons. The number of nitrogens with zero attached hydrogens (tertiary/aromatic N) is 5. The maximum atomic E-state index is 6.45. The first kappa shape index (κ1) is 19.2. The predicted molar refractivity (Wildman–Crippen MR) is 117 cm³/mol. The Bertz CT molecular complexity index is 1040. The van der Waals surface area contributed by atoms with Gasteiger partial charge >= 0.3 is 0 Å². The summed E-state index contributed by atoms with van der Waals surface area (Å²) < 4.78 is 2.09. The molecule has 8 heteroatoms. The van der Waals surface area contributed by atoms with Crippen LogP contribution in [0.1, 0.15) is 37.8 Å². The molecule has 0 aromatic carbocycles. The number of pyridine rings is 1. The fourth-order valence-corrected chi connectivity index (χ4v) is 6.03. The summed E-state index contributed by atoms with van der Waals surface area (Å²) in [4.78, 5) is 18.0. The molecule has 6 nitrogen and oxygen atoms in total. The van der Waals surface area contributed by atoms with Crippen molar-refractivity contribution in [3.63, 3.8) is 0 Å². The molecule has 1 saturated carbocycles. The third kappa shape index (κ3) is 3.29. The molecular formula is C21H25ClN6S. The van der Waals surface area contributed by atoms with E-state index in [1.165, 1.54) is 19.3 Å². The maximum Gasteiger partial charge on any atom is 0.211 e. The van der Waals surface area contributed by atoms with Gasteiger partial charge in [0.05, 0.1) is 15.6 Å². The molecule has 0 amide bonds. The molecule has 3 aromatic heterocycles. The summed E-state index contributed by atoms with van der Waals surface area (Å²) in [5, 5.41) is 0.681. The van der Waals surface area contributed by atoms with Crippen molar-refractivity contribution < 1.29 is 0 Å². The van der Waals surface area contributed by atoms with Gasteiger partial charge in [-0.2, -0.15) is 0 Å². The molecule has 1 aliphatic carbocycles. The SMILES string of the molecule is Cc1nccc(Sc2cnc(N3CCC4(CCC[C@H]4N)CC3)n3ccnc23)c1Cl. The van der Waals surface area contributed by atoms with E-state index >= 15 is 0 Å². The third-order valence-corrected chi connectivity index (χ3v) is 8.30. The van der Waals surface area contributed by atoms with E-state index in [-0.39, 0.29) is 0 Å². The zero-order valence-electron chi connectivity index (χ0n) is 16.5. The lowest BCUT2D eigenvalue weighted by Crippen LogP contribution is -2.47. The Morgan fingerprint density at radius 1 is 1.14 bits per heavy atom. The van der Waals surface area contributed by atoms with Gasteiger partial charge in [0, 0.05) is 48.8 Å². The van der Waals surface area contributed by atoms with Crippen molar-refractivity contribution in [3.05, 3.63) is 41.6 Å². The summed E-state index contributed by atoms with van der Waals surface area (Å²) in [7, 11) is 0. The van der Waals surface area contributed by atoms with Crippen LogP contribution in [0.25, 0.3) is 5.65 Å². The van der Waals surface area contributed by atoms with Crippen LogP contribution in [-0.2, 0) is 0 Å². The minimum absolute atomic E-state index is 0.344. The van der Waals surface area contributed by atoms with Gasteiger partial charge in [0.25, 0.3) is 0 Å². The lowest BCUT2D eigenvalue weighted by atomic mass is 9.74. The Morgan fingerprint density at radius 3 is 2.72 bits per heavy atom. The van der Waals surface area contributed by atoms with E-state index in [2.05, 4.69) is 19.3 Å². The molecule has 29 heavy (non-hydrogen) atoms. The Labute approximate surface area is 179 Å². The number of rotatable bonds is 3. The highest BCUT2D eigenvalue weighted by molar-refractivity contribution is 7.99. The Balaban J connectivity index is 1.42. The molecule has 1 aliphatic heterocycles. The van der Waals surface area contributed by atoms with Gasteiger partial charge < -0.3 is 10.6 Å². The van der Waals surface area contributed by atoms with E-state index in [0.717, 1.165) is 53.0 Å². The number of halogens is 1. The average Bonchev–Trinajstić information content (AvgIpc) is 3.35. The smallest absolute Gasteiger partial charge is 0.211 e. The number of hydrogen-bond acceptors (Lipinski definition) is 6. The highest BCUT2D eigenvalue weighted by Crippen LogP contribution is 2.46. The molecule has 0 unspecified atom stereocenters. The first-order valence-corrected chi connectivity index (χ1v) is 11.4. The topological polar surface area (TPSA) is 72.3 Å². The molecule has 2 N–H and O–H groups in total. The fourth-order valence-electron chi connectivity index (χ4n) is 4.85. The van der Waals surface area contributed by atoms with E-state index in [0.29, 0.717) is 16.5 Å². The molecule has 1 atom stereocenters. The van der Waals surface area contributed by atoms with Gasteiger partial charge in [0.2, 0.25) is 5.95 Å². The minimum Gasteiger partial charge on any atom is -0.342 e. The van der Waals surface area contributed by atoms with Crippen LogP contribution in [0.5, 0.6) is 0 Å². The zero-order chi connectivity index (χ0) is 20.0. The van der Waals surface area contributed by atoms with Crippen molar-refractivity contribution in [1.82, 2.24) is 19.4 Å². The van der Waals surface area contributed by atoms with Gasteiger partial charge in [-0.1, -0.05) is 29.8 Å². The van der Waals surface area contributed by atoms with Crippen molar-refractivity contribution in [2.24, 2.45) is 11.1 Å². The van der Waals surface area contributed by atoms with E-state index in [4.69, 9.17) is 22.3 Å². The standard InChI is InChI=1S/C21H25ClN6S/c1-14-18(22)15(4-8-24-14)29-16-13-26-20(28-12-9-25-19(16)28)27-10-6-21(7-11-27)5-2-3-17(21)23/h4,8-9,12-13,17H,2-3,5-7,10-11,23H2,1H3/t17-/m1/s1. The number of anilines is 1. The van der Waals surface area contributed by atoms with Gasteiger partial charge in [0.1, 0.15) is 0 Å². The monoisotopic (exact) mass is 428 g/mol. The summed E-state index contributed by atoms with van der Waals surface area (Å²) in [6, 6.07) is 2.29. The normalized spacial score (nSPS) is 21.3. The highest BCUT2D eigenvalue weighted by atomic mass is 35.5. The first-order chi connectivity index (χ1) is 14.1. The van der Waals surface area contributed by atoms with Gasteiger partial charge in [-0.05, 0) is 44.1 Å². The second-order valence-corrected chi connectivity index (χ2v) is 9.66. The van der Waals surface area contributed by atoms with Crippen LogP contribution in [-0.4, -0.2) is 38.5 Å². The van der Waals surface area contributed by atoms with Crippen LogP contribution in [0, 0.1) is 12.3 Å². The van der Waals surface area contributed by atoms with Gasteiger partial charge in [-0.3, -0.25) is 9.38 Å². The van der Waals surface area contributed by atoms with Crippen LogP contribution < -0.4 is 10.6 Å². The van der Waals surface area contributed by atoms with Crippen molar-refractivity contribution in [2.45, 2.75) is 54.9 Å². The number of fused-ring (bicyclic) bond motifs is 1. The van der Waals surface area contributed by atoms with Crippen LogP contribution in [0.15, 0.2) is 40.6 Å². The third-order valence-electron chi connectivity index (χ3n) is 6.64. The number of imidazole rings is 1. The van der Waals surface area contributed by atoms with E-state index in [9.17, 15) is 0 Å². The summed E-state index contributed by atoms with van der Waals surface area (Å²) >= 11 is 8.02. The minimum atomic E-state index is 0.344. The predicted octanol–water partition coefficient (Wildman–Crippen LogP) is 4.34. The lowest BCUT2D eigenvalue weighted by molar-refractivity contribution is 0.197. The second-order valence-electron chi connectivity index (χ2n) is 8.20. The first-order valence-electron chi connectivity index (χ1n) is 10.2. The van der Waals surface area contributed by atoms with Crippen LogP contribution in [0.4, 0.5) is 5.95 Å². The number of hydrogen-bond donors (Lipinski definition) is 1. The van der Waals surface area contributed by atoms with Gasteiger partial charge in [-0.15, -0.1) is 0 Å². The molecule has 4 heterocycles. The van der Waals surface area contributed by atoms with Gasteiger partial charge in [0.15, 0.2) is 5.65 Å². The molecule has 3 aromatic rings. The van der Waals surface area contributed by atoms with Crippen molar-refractivity contribution in [2.75, 3.05) is 18.0 Å². The molecule has 0 bridgehead atoms. The number of aryl methyl sites for hydroxylation is 1. The molecule has 152 valence electrons. The van der Waals surface area contributed by atoms with E-state index in [1.807, 2.05) is 31.6 Å². The Hall–Kier alpha value is -1.83. The van der Waals surface area contributed by atoms with Crippen molar-refractivity contribution >= 4 is 35.0 Å². The second kappa shape index (κ2) is 7.45. The Kier molecular flexibility index (Phi) is 4.92. The van der Waals surface area contributed by atoms with Crippen LogP contribution in [0.3, 0.4) is 0 Å². The number of piperidine rings is 1. The largest absolute Gasteiger partial charge is 0.342 e. The zero-order valence-corrected chi connectivity index (χ0v) is 18.1. The molecular weight excluding hydrogens is 404 g/mol. The van der Waals surface area contributed by atoms with Crippen LogP contribution >= 0.6 is 23.4 Å². The summed E-state index contributed by atoms with van der Waals surface area (Å²) in [5.41, 5.74) is 8.53. The van der Waals surface area contributed by atoms with Crippen molar-refractivity contribution in [1.29, 1.82) is 0 Å². The lowest BCUT2D eigenvalue weighted by Gasteiger charge is -2.42. The summed E-state index contributed by atoms with van der Waals surface area (Å²) in [5.74, 6) is 0.959. The van der Waals surface area contributed by atoms with Crippen molar-refractivity contribution in [3.8, 4) is 0 Å². The van der Waals surface area contributed by atoms with E-state index in [1.54, 1.807) is 18.0 Å². The molecule has 2 aliphatic rings. The van der Waals surface area contributed by atoms with Crippen LogP contribution in [0.2, 0.25) is 5.02 Å². The fraction of sp³-hybridized carbons (Fsp3) is 0.476. The van der Waals surface area contributed by atoms with E-state index < -0.39 is 0 Å². The molecule has 1 spiro atoms. The Morgan fingerprint density at radius 2 is 1.97 bits per heavy atom. The average molecular weight is 429 g/mol.